The maximum atomic E-state index is 5.48. The molecule has 7 heteroatoms. The fourth-order valence-corrected chi connectivity index (χ4v) is 3.56. The lowest BCUT2D eigenvalue weighted by molar-refractivity contribution is 0.0609. The van der Waals surface area contributed by atoms with Crippen molar-refractivity contribution in [1.82, 2.24) is 30.0 Å². The maximum Gasteiger partial charge on any atom is 0.169 e. The molecule has 1 atom stereocenters. The van der Waals surface area contributed by atoms with Gasteiger partial charge in [-0.25, -0.2) is 4.68 Å². The van der Waals surface area contributed by atoms with Crippen molar-refractivity contribution in [2.24, 2.45) is 5.92 Å². The SMILES string of the molecule is CC(C)C(c1nnnn1C(C)(C)C)N1CCN(Cc2ccco2)CC1. The predicted octanol–water partition coefficient (Wildman–Crippen LogP) is 2.54. The van der Waals surface area contributed by atoms with Crippen LogP contribution in [0.5, 0.6) is 0 Å². The third-order valence-corrected chi connectivity index (χ3v) is 4.78. The van der Waals surface area contributed by atoms with Crippen molar-refractivity contribution < 1.29 is 4.42 Å². The summed E-state index contributed by atoms with van der Waals surface area (Å²) in [7, 11) is 0. The quantitative estimate of drug-likeness (QED) is 0.829. The number of tetrazole rings is 1. The Balaban J connectivity index is 1.70. The molecular weight excluding hydrogens is 316 g/mol. The van der Waals surface area contributed by atoms with Crippen molar-refractivity contribution in [2.45, 2.75) is 52.7 Å². The molecular formula is C18H30N6O. The highest BCUT2D eigenvalue weighted by atomic mass is 16.3. The highest BCUT2D eigenvalue weighted by Crippen LogP contribution is 2.30. The van der Waals surface area contributed by atoms with Gasteiger partial charge >= 0.3 is 0 Å². The minimum Gasteiger partial charge on any atom is -0.468 e. The maximum absolute atomic E-state index is 5.48. The second-order valence-corrected chi connectivity index (χ2v) is 8.20. The van der Waals surface area contributed by atoms with Crippen LogP contribution in [0.15, 0.2) is 22.8 Å². The number of furan rings is 1. The van der Waals surface area contributed by atoms with Crippen molar-refractivity contribution in [1.29, 1.82) is 0 Å². The van der Waals surface area contributed by atoms with Crippen LogP contribution in [0.4, 0.5) is 0 Å². The first kappa shape index (κ1) is 18.1. The van der Waals surface area contributed by atoms with Gasteiger partial charge in [-0.1, -0.05) is 13.8 Å². The molecule has 0 spiro atoms. The molecule has 1 fully saturated rings. The molecule has 0 N–H and O–H groups in total. The summed E-state index contributed by atoms with van der Waals surface area (Å²) in [6.45, 7) is 15.9. The van der Waals surface area contributed by atoms with Crippen LogP contribution < -0.4 is 0 Å². The van der Waals surface area contributed by atoms with Gasteiger partial charge in [-0.15, -0.1) is 5.10 Å². The van der Waals surface area contributed by atoms with Gasteiger partial charge < -0.3 is 4.42 Å². The first-order valence-electron chi connectivity index (χ1n) is 9.14. The van der Waals surface area contributed by atoms with E-state index < -0.39 is 0 Å². The molecule has 2 aromatic heterocycles. The monoisotopic (exact) mass is 346 g/mol. The Labute approximate surface area is 150 Å². The van der Waals surface area contributed by atoms with E-state index in [-0.39, 0.29) is 11.6 Å². The molecule has 7 nitrogen and oxygen atoms in total. The molecule has 0 bridgehead atoms. The van der Waals surface area contributed by atoms with Crippen molar-refractivity contribution in [3.05, 3.63) is 30.0 Å². The van der Waals surface area contributed by atoms with E-state index in [1.54, 1.807) is 6.26 Å². The molecule has 0 radical (unpaired) electrons. The molecule has 1 aliphatic heterocycles. The lowest BCUT2D eigenvalue weighted by atomic mass is 9.99. The van der Waals surface area contributed by atoms with Crippen LogP contribution in [-0.2, 0) is 12.1 Å². The van der Waals surface area contributed by atoms with Gasteiger partial charge in [0.05, 0.1) is 24.4 Å². The number of hydrogen-bond donors (Lipinski definition) is 0. The lowest BCUT2D eigenvalue weighted by Crippen LogP contribution is -2.49. The third kappa shape index (κ3) is 4.10. The molecule has 25 heavy (non-hydrogen) atoms. The lowest BCUT2D eigenvalue weighted by Gasteiger charge is -2.40. The molecule has 0 amide bonds. The molecule has 138 valence electrons. The van der Waals surface area contributed by atoms with E-state index >= 15 is 0 Å². The summed E-state index contributed by atoms with van der Waals surface area (Å²) in [6.07, 6.45) is 1.74. The average molecular weight is 346 g/mol. The van der Waals surface area contributed by atoms with Gasteiger partial charge in [-0.2, -0.15) is 0 Å². The minimum absolute atomic E-state index is 0.118. The van der Waals surface area contributed by atoms with Gasteiger partial charge in [-0.3, -0.25) is 9.80 Å². The summed E-state index contributed by atoms with van der Waals surface area (Å²) < 4.78 is 7.45. The zero-order valence-electron chi connectivity index (χ0n) is 16.0. The molecule has 3 rings (SSSR count). The first-order chi connectivity index (χ1) is 11.9. The van der Waals surface area contributed by atoms with Crippen LogP contribution in [0.2, 0.25) is 0 Å². The smallest absolute Gasteiger partial charge is 0.169 e. The normalized spacial score (nSPS) is 18.8. The largest absolute Gasteiger partial charge is 0.468 e. The van der Waals surface area contributed by atoms with Gasteiger partial charge in [0.2, 0.25) is 0 Å². The van der Waals surface area contributed by atoms with E-state index in [0.29, 0.717) is 5.92 Å². The Bertz CT molecular complexity index is 649. The molecule has 1 aliphatic rings. The van der Waals surface area contributed by atoms with E-state index in [9.17, 15) is 0 Å². The highest BCUT2D eigenvalue weighted by molar-refractivity contribution is 5.01. The average Bonchev–Trinajstić information content (AvgIpc) is 3.20. The standard InChI is InChI=1S/C18H30N6O/c1-14(2)16(17-19-20-21-24(17)18(3,4)5)23-10-8-22(9-11-23)13-15-7-6-12-25-15/h6-7,12,14,16H,8-11,13H2,1-5H3. The Morgan fingerprint density at radius 1 is 1.16 bits per heavy atom. The van der Waals surface area contributed by atoms with Gasteiger partial charge in [0.25, 0.3) is 0 Å². The van der Waals surface area contributed by atoms with Crippen LogP contribution >= 0.6 is 0 Å². The summed E-state index contributed by atoms with van der Waals surface area (Å²) in [4.78, 5) is 4.97. The van der Waals surface area contributed by atoms with Gasteiger partial charge in [0.15, 0.2) is 5.82 Å². The second-order valence-electron chi connectivity index (χ2n) is 8.20. The van der Waals surface area contributed by atoms with Crippen molar-refractivity contribution >= 4 is 0 Å². The molecule has 0 aromatic carbocycles. The fourth-order valence-electron chi connectivity index (χ4n) is 3.56. The molecule has 1 saturated heterocycles. The Kier molecular flexibility index (Phi) is 5.24. The molecule has 3 heterocycles. The predicted molar refractivity (Wildman–Crippen MR) is 96.0 cm³/mol. The van der Waals surface area contributed by atoms with E-state index in [1.165, 1.54) is 0 Å². The molecule has 0 saturated carbocycles. The van der Waals surface area contributed by atoms with Crippen LogP contribution in [-0.4, -0.2) is 56.2 Å². The summed E-state index contributed by atoms with van der Waals surface area (Å²) >= 11 is 0. The first-order valence-corrected chi connectivity index (χ1v) is 9.14. The Hall–Kier alpha value is -1.73. The van der Waals surface area contributed by atoms with E-state index in [2.05, 4.69) is 59.9 Å². The Morgan fingerprint density at radius 3 is 2.44 bits per heavy atom. The fraction of sp³-hybridized carbons (Fsp3) is 0.722. The van der Waals surface area contributed by atoms with E-state index in [4.69, 9.17) is 4.42 Å². The summed E-state index contributed by atoms with van der Waals surface area (Å²) in [6, 6.07) is 4.23. The summed E-state index contributed by atoms with van der Waals surface area (Å²) in [5, 5.41) is 12.6. The number of piperazine rings is 1. The van der Waals surface area contributed by atoms with Crippen LogP contribution in [0, 0.1) is 5.92 Å². The minimum atomic E-state index is -0.118. The molecule has 1 unspecified atom stereocenters. The van der Waals surface area contributed by atoms with Crippen LogP contribution in [0.1, 0.15) is 52.2 Å². The summed E-state index contributed by atoms with van der Waals surface area (Å²) in [5.41, 5.74) is -0.118. The Morgan fingerprint density at radius 2 is 1.88 bits per heavy atom. The third-order valence-electron chi connectivity index (χ3n) is 4.78. The topological polar surface area (TPSA) is 63.2 Å². The van der Waals surface area contributed by atoms with Crippen molar-refractivity contribution in [3.8, 4) is 0 Å². The number of hydrogen-bond acceptors (Lipinski definition) is 6. The number of aromatic nitrogens is 4. The molecule has 0 aliphatic carbocycles. The number of nitrogens with zero attached hydrogens (tertiary/aromatic N) is 6. The van der Waals surface area contributed by atoms with Crippen LogP contribution in [0.3, 0.4) is 0 Å². The number of rotatable bonds is 5. The zero-order chi connectivity index (χ0) is 18.0. The zero-order valence-corrected chi connectivity index (χ0v) is 16.0. The highest BCUT2D eigenvalue weighted by Gasteiger charge is 2.33. The van der Waals surface area contributed by atoms with E-state index in [1.807, 2.05) is 16.8 Å². The second kappa shape index (κ2) is 7.25. The van der Waals surface area contributed by atoms with Gasteiger partial charge in [0.1, 0.15) is 5.76 Å². The summed E-state index contributed by atoms with van der Waals surface area (Å²) in [5.74, 6) is 2.45. The van der Waals surface area contributed by atoms with E-state index in [0.717, 1.165) is 44.3 Å². The molecule has 2 aromatic rings. The van der Waals surface area contributed by atoms with Gasteiger partial charge in [0, 0.05) is 26.2 Å². The van der Waals surface area contributed by atoms with Gasteiger partial charge in [-0.05, 0) is 49.2 Å². The van der Waals surface area contributed by atoms with Crippen molar-refractivity contribution in [3.63, 3.8) is 0 Å². The van der Waals surface area contributed by atoms with Crippen molar-refractivity contribution in [2.75, 3.05) is 26.2 Å². The van der Waals surface area contributed by atoms with Crippen LogP contribution in [0.25, 0.3) is 0 Å².